The molecule has 0 aliphatic heterocycles. The van der Waals surface area contributed by atoms with E-state index in [1.165, 1.54) is 26.4 Å². The van der Waals surface area contributed by atoms with Crippen molar-refractivity contribution in [2.45, 2.75) is 33.7 Å². The minimum Gasteiger partial charge on any atom is -0.496 e. The minimum absolute atomic E-state index is 0.0389. The van der Waals surface area contributed by atoms with Gasteiger partial charge in [-0.05, 0) is 56.5 Å². The van der Waals surface area contributed by atoms with Gasteiger partial charge in [-0.1, -0.05) is 6.07 Å². The molecule has 0 spiro atoms. The zero-order valence-corrected chi connectivity index (χ0v) is 13.5. The Balaban J connectivity index is 2.57. The summed E-state index contributed by atoms with van der Waals surface area (Å²) in [5, 5.41) is 0. The van der Waals surface area contributed by atoms with Gasteiger partial charge in [-0.15, -0.1) is 11.3 Å². The fraction of sp³-hybridized carbons (Fsp3) is 0.375. The van der Waals surface area contributed by atoms with Crippen LogP contribution in [0.15, 0.2) is 18.2 Å². The second kappa shape index (κ2) is 5.95. The van der Waals surface area contributed by atoms with Crippen LogP contribution in [0.1, 0.15) is 38.0 Å². The van der Waals surface area contributed by atoms with Gasteiger partial charge in [-0.25, -0.2) is 5.43 Å². The Morgan fingerprint density at radius 2 is 1.80 bits per heavy atom. The molecule has 1 heterocycles. The van der Waals surface area contributed by atoms with E-state index in [-0.39, 0.29) is 6.04 Å². The smallest absolute Gasteiger partial charge is 0.124 e. The number of ether oxygens (including phenoxy) is 1. The van der Waals surface area contributed by atoms with Gasteiger partial charge in [-0.2, -0.15) is 0 Å². The number of nitrogens with two attached hydrogens (primary N) is 1. The lowest BCUT2D eigenvalue weighted by molar-refractivity contribution is 0.403. The van der Waals surface area contributed by atoms with Gasteiger partial charge < -0.3 is 4.74 Å². The van der Waals surface area contributed by atoms with Crippen LogP contribution in [0.3, 0.4) is 0 Å². The Morgan fingerprint density at radius 3 is 2.30 bits per heavy atom. The van der Waals surface area contributed by atoms with Crippen molar-refractivity contribution in [2.75, 3.05) is 7.11 Å². The predicted octanol–water partition coefficient (Wildman–Crippen LogP) is 3.54. The van der Waals surface area contributed by atoms with Crippen molar-refractivity contribution >= 4 is 11.3 Å². The third-order valence-corrected chi connectivity index (χ3v) is 4.86. The first kappa shape index (κ1) is 15.0. The number of hydrogen-bond acceptors (Lipinski definition) is 4. The van der Waals surface area contributed by atoms with Crippen molar-refractivity contribution in [2.24, 2.45) is 5.84 Å². The Kier molecular flexibility index (Phi) is 4.48. The zero-order chi connectivity index (χ0) is 14.9. The van der Waals surface area contributed by atoms with Crippen LogP contribution in [0.2, 0.25) is 0 Å². The van der Waals surface area contributed by atoms with Crippen molar-refractivity contribution in [3.63, 3.8) is 0 Å². The maximum absolute atomic E-state index is 5.83. The molecule has 3 nitrogen and oxygen atoms in total. The van der Waals surface area contributed by atoms with E-state index in [0.29, 0.717) is 0 Å². The van der Waals surface area contributed by atoms with Gasteiger partial charge in [0.15, 0.2) is 0 Å². The number of benzene rings is 1. The summed E-state index contributed by atoms with van der Waals surface area (Å²) in [4.78, 5) is 2.54. The van der Waals surface area contributed by atoms with Crippen LogP contribution >= 0.6 is 11.3 Å². The van der Waals surface area contributed by atoms with Crippen LogP contribution < -0.4 is 16.0 Å². The summed E-state index contributed by atoms with van der Waals surface area (Å²) >= 11 is 1.78. The van der Waals surface area contributed by atoms with Crippen LogP contribution in [0, 0.1) is 27.7 Å². The van der Waals surface area contributed by atoms with Gasteiger partial charge >= 0.3 is 0 Å². The molecule has 0 aliphatic rings. The molecule has 2 rings (SSSR count). The first-order valence-electron chi connectivity index (χ1n) is 6.66. The lowest BCUT2D eigenvalue weighted by Crippen LogP contribution is -2.29. The molecule has 1 aromatic carbocycles. The predicted molar refractivity (Wildman–Crippen MR) is 85.4 cm³/mol. The number of rotatable bonds is 4. The lowest BCUT2D eigenvalue weighted by atomic mass is 9.97. The van der Waals surface area contributed by atoms with E-state index in [0.717, 1.165) is 11.3 Å². The third-order valence-electron chi connectivity index (χ3n) is 3.64. The second-order valence-electron chi connectivity index (χ2n) is 5.19. The molecule has 0 saturated heterocycles. The van der Waals surface area contributed by atoms with Crippen molar-refractivity contribution in [3.05, 3.63) is 50.2 Å². The third kappa shape index (κ3) is 2.73. The molecule has 1 aromatic heterocycles. The average molecular weight is 290 g/mol. The van der Waals surface area contributed by atoms with Gasteiger partial charge in [0.1, 0.15) is 5.75 Å². The molecule has 0 bridgehead atoms. The van der Waals surface area contributed by atoms with Crippen LogP contribution in [-0.2, 0) is 0 Å². The Morgan fingerprint density at radius 1 is 1.10 bits per heavy atom. The molecule has 0 radical (unpaired) electrons. The van der Waals surface area contributed by atoms with E-state index in [1.54, 1.807) is 18.4 Å². The molecule has 1 atom stereocenters. The molecule has 3 N–H and O–H groups in total. The number of hydrogen-bond donors (Lipinski definition) is 2. The molecule has 108 valence electrons. The molecule has 4 heteroatoms. The van der Waals surface area contributed by atoms with Crippen molar-refractivity contribution in [1.29, 1.82) is 0 Å². The largest absolute Gasteiger partial charge is 0.496 e. The number of hydrazine groups is 1. The SMILES string of the molecule is COc1cc(C)cc(C)c1C(NN)c1cc(C)c(C)s1. The quantitative estimate of drug-likeness (QED) is 0.669. The summed E-state index contributed by atoms with van der Waals surface area (Å²) < 4.78 is 5.56. The summed E-state index contributed by atoms with van der Waals surface area (Å²) in [6.45, 7) is 8.44. The van der Waals surface area contributed by atoms with Gasteiger partial charge in [0.2, 0.25) is 0 Å². The minimum atomic E-state index is -0.0389. The highest BCUT2D eigenvalue weighted by Crippen LogP contribution is 2.37. The number of methoxy groups -OCH3 is 1. The lowest BCUT2D eigenvalue weighted by Gasteiger charge is -2.21. The van der Waals surface area contributed by atoms with E-state index in [9.17, 15) is 0 Å². The van der Waals surface area contributed by atoms with E-state index in [1.807, 2.05) is 0 Å². The fourth-order valence-corrected chi connectivity index (χ4v) is 3.64. The molecule has 2 aromatic rings. The first-order chi connectivity index (χ1) is 9.47. The number of thiophene rings is 1. The number of aryl methyl sites for hydroxylation is 4. The summed E-state index contributed by atoms with van der Waals surface area (Å²) in [6.07, 6.45) is 0. The molecule has 0 fully saturated rings. The van der Waals surface area contributed by atoms with Crippen LogP contribution in [0.25, 0.3) is 0 Å². The Labute approximate surface area is 124 Å². The maximum Gasteiger partial charge on any atom is 0.124 e. The monoisotopic (exact) mass is 290 g/mol. The van der Waals surface area contributed by atoms with E-state index < -0.39 is 0 Å². The van der Waals surface area contributed by atoms with Crippen LogP contribution in [-0.4, -0.2) is 7.11 Å². The maximum atomic E-state index is 5.83. The van der Waals surface area contributed by atoms with Gasteiger partial charge in [0.25, 0.3) is 0 Å². The zero-order valence-electron chi connectivity index (χ0n) is 12.7. The van der Waals surface area contributed by atoms with Gasteiger partial charge in [0.05, 0.1) is 13.2 Å². The van der Waals surface area contributed by atoms with Gasteiger partial charge in [0, 0.05) is 15.3 Å². The summed E-state index contributed by atoms with van der Waals surface area (Å²) in [6, 6.07) is 6.38. The van der Waals surface area contributed by atoms with Crippen molar-refractivity contribution < 1.29 is 4.74 Å². The van der Waals surface area contributed by atoms with Crippen molar-refractivity contribution in [3.8, 4) is 5.75 Å². The molecule has 1 unspecified atom stereocenters. The van der Waals surface area contributed by atoms with E-state index in [4.69, 9.17) is 10.6 Å². The second-order valence-corrected chi connectivity index (χ2v) is 6.47. The normalized spacial score (nSPS) is 12.5. The van der Waals surface area contributed by atoms with Crippen molar-refractivity contribution in [1.82, 2.24) is 5.43 Å². The van der Waals surface area contributed by atoms with Crippen LogP contribution in [0.4, 0.5) is 0 Å². The fourth-order valence-electron chi connectivity index (χ4n) is 2.53. The van der Waals surface area contributed by atoms with Gasteiger partial charge in [-0.3, -0.25) is 5.84 Å². The summed E-state index contributed by atoms with van der Waals surface area (Å²) in [7, 11) is 1.70. The average Bonchev–Trinajstić information content (AvgIpc) is 2.72. The molecule has 0 aliphatic carbocycles. The Hall–Kier alpha value is -1.36. The van der Waals surface area contributed by atoms with Crippen LogP contribution in [0.5, 0.6) is 5.75 Å². The standard InChI is InChI=1S/C16H22N2OS/c1-9-6-11(3)15(13(7-9)19-5)16(18-17)14-8-10(2)12(4)20-14/h6-8,16,18H,17H2,1-5H3. The molecule has 0 amide bonds. The highest BCUT2D eigenvalue weighted by atomic mass is 32.1. The molecule has 20 heavy (non-hydrogen) atoms. The summed E-state index contributed by atoms with van der Waals surface area (Å²) in [5.74, 6) is 6.71. The van der Waals surface area contributed by atoms with E-state index in [2.05, 4.69) is 51.3 Å². The molecular formula is C16H22N2OS. The summed E-state index contributed by atoms with van der Waals surface area (Å²) in [5.41, 5.74) is 7.73. The topological polar surface area (TPSA) is 47.3 Å². The first-order valence-corrected chi connectivity index (χ1v) is 7.47. The highest BCUT2D eigenvalue weighted by molar-refractivity contribution is 7.12. The Bertz CT molecular complexity index is 600. The number of nitrogens with one attached hydrogen (secondary N) is 1. The highest BCUT2D eigenvalue weighted by Gasteiger charge is 2.21. The molecular weight excluding hydrogens is 268 g/mol. The molecule has 0 saturated carbocycles. The van der Waals surface area contributed by atoms with E-state index >= 15 is 0 Å².